The standard InChI is InChI=1S/C27H24N4O5S/c1-16-5-6-18(34-3)12-21(16)23-11-17(2)22(14-25(23)35-4)27-20-8-7-19(13-24(20)28-15-29-27)37(32,33)31-26-9-10-36-30-26/h5-15H,1-4H3,(H,30,31). The zero-order valence-electron chi connectivity index (χ0n) is 20.6. The number of aryl methyl sites for hydroxylation is 2. The average molecular weight is 517 g/mol. The predicted octanol–water partition coefficient (Wildman–Crippen LogP) is 5.39. The van der Waals surface area contributed by atoms with Gasteiger partial charge in [0, 0.05) is 22.6 Å². The summed E-state index contributed by atoms with van der Waals surface area (Å²) in [5.74, 6) is 1.53. The molecule has 2 heterocycles. The maximum absolute atomic E-state index is 12.8. The largest absolute Gasteiger partial charge is 0.497 e. The summed E-state index contributed by atoms with van der Waals surface area (Å²) < 4.78 is 43.9. The summed E-state index contributed by atoms with van der Waals surface area (Å²) in [6.45, 7) is 4.04. The molecule has 0 aliphatic rings. The quantitative estimate of drug-likeness (QED) is 0.306. The third-order valence-corrected chi connectivity index (χ3v) is 7.48. The highest BCUT2D eigenvalue weighted by molar-refractivity contribution is 7.92. The fourth-order valence-electron chi connectivity index (χ4n) is 4.22. The molecule has 3 aromatic carbocycles. The molecular weight excluding hydrogens is 492 g/mol. The summed E-state index contributed by atoms with van der Waals surface area (Å²) in [4.78, 5) is 8.91. The molecule has 0 saturated carbocycles. The molecule has 188 valence electrons. The van der Waals surface area contributed by atoms with Crippen LogP contribution in [0.5, 0.6) is 11.5 Å². The van der Waals surface area contributed by atoms with Crippen LogP contribution in [-0.2, 0) is 10.0 Å². The number of benzene rings is 3. The number of sulfonamides is 1. The lowest BCUT2D eigenvalue weighted by Gasteiger charge is -2.17. The Labute approximate surface area is 214 Å². The third-order valence-electron chi connectivity index (χ3n) is 6.13. The SMILES string of the molecule is COc1ccc(C)c(-c2cc(C)c(-c3ncnc4cc(S(=O)(=O)Nc5ccon5)ccc34)cc2OC)c1. The second-order valence-electron chi connectivity index (χ2n) is 8.44. The summed E-state index contributed by atoms with van der Waals surface area (Å²) in [5.41, 5.74) is 6.01. The molecule has 9 nitrogen and oxygen atoms in total. The zero-order chi connectivity index (χ0) is 26.2. The molecule has 0 aliphatic heterocycles. The van der Waals surface area contributed by atoms with Crippen molar-refractivity contribution < 1.29 is 22.4 Å². The molecule has 0 amide bonds. The van der Waals surface area contributed by atoms with Crippen molar-refractivity contribution in [3.63, 3.8) is 0 Å². The number of anilines is 1. The normalized spacial score (nSPS) is 11.5. The molecule has 0 spiro atoms. The third kappa shape index (κ3) is 4.58. The van der Waals surface area contributed by atoms with E-state index in [-0.39, 0.29) is 10.7 Å². The minimum absolute atomic E-state index is 0.0470. The van der Waals surface area contributed by atoms with Crippen molar-refractivity contribution in [2.24, 2.45) is 0 Å². The van der Waals surface area contributed by atoms with Crippen LogP contribution in [0.3, 0.4) is 0 Å². The van der Waals surface area contributed by atoms with Gasteiger partial charge in [-0.15, -0.1) is 0 Å². The first-order valence-electron chi connectivity index (χ1n) is 11.3. The van der Waals surface area contributed by atoms with Gasteiger partial charge < -0.3 is 14.0 Å². The van der Waals surface area contributed by atoms with Gasteiger partial charge in [-0.25, -0.2) is 18.4 Å². The van der Waals surface area contributed by atoms with Crippen molar-refractivity contribution in [3.8, 4) is 33.9 Å². The van der Waals surface area contributed by atoms with Crippen LogP contribution in [-0.4, -0.2) is 37.8 Å². The molecule has 10 heteroatoms. The fraction of sp³-hybridized carbons (Fsp3) is 0.148. The molecule has 37 heavy (non-hydrogen) atoms. The maximum atomic E-state index is 12.8. The van der Waals surface area contributed by atoms with E-state index in [0.29, 0.717) is 22.3 Å². The molecule has 0 aliphatic carbocycles. The smallest absolute Gasteiger partial charge is 0.263 e. The van der Waals surface area contributed by atoms with Crippen molar-refractivity contribution in [2.45, 2.75) is 18.7 Å². The van der Waals surface area contributed by atoms with Crippen LogP contribution in [0, 0.1) is 13.8 Å². The highest BCUT2D eigenvalue weighted by atomic mass is 32.2. The fourth-order valence-corrected chi connectivity index (χ4v) is 5.23. The number of rotatable bonds is 7. The van der Waals surface area contributed by atoms with Gasteiger partial charge in [-0.05, 0) is 73.0 Å². The van der Waals surface area contributed by atoms with Crippen LogP contribution in [0.1, 0.15) is 11.1 Å². The van der Waals surface area contributed by atoms with E-state index in [1.165, 1.54) is 30.8 Å². The molecule has 0 atom stereocenters. The minimum Gasteiger partial charge on any atom is -0.497 e. The van der Waals surface area contributed by atoms with E-state index in [2.05, 4.69) is 25.9 Å². The highest BCUT2D eigenvalue weighted by Gasteiger charge is 2.20. The maximum Gasteiger partial charge on any atom is 0.263 e. The molecule has 1 N–H and O–H groups in total. The first-order valence-corrected chi connectivity index (χ1v) is 12.8. The van der Waals surface area contributed by atoms with E-state index in [1.54, 1.807) is 20.3 Å². The average Bonchev–Trinajstić information content (AvgIpc) is 3.40. The summed E-state index contributed by atoms with van der Waals surface area (Å²) in [6, 6.07) is 16.1. The van der Waals surface area contributed by atoms with Crippen molar-refractivity contribution in [2.75, 3.05) is 18.9 Å². The Balaban J connectivity index is 1.60. The van der Waals surface area contributed by atoms with Gasteiger partial charge in [0.1, 0.15) is 24.1 Å². The topological polar surface area (TPSA) is 116 Å². The number of hydrogen-bond donors (Lipinski definition) is 1. The van der Waals surface area contributed by atoms with Crippen molar-refractivity contribution in [1.82, 2.24) is 15.1 Å². The molecule has 5 rings (SSSR count). The number of hydrogen-bond acceptors (Lipinski definition) is 8. The second kappa shape index (κ2) is 9.55. The van der Waals surface area contributed by atoms with Crippen LogP contribution in [0.4, 0.5) is 5.82 Å². The number of methoxy groups -OCH3 is 2. The van der Waals surface area contributed by atoms with Gasteiger partial charge in [0.25, 0.3) is 10.0 Å². The summed E-state index contributed by atoms with van der Waals surface area (Å²) in [7, 11) is -0.611. The lowest BCUT2D eigenvalue weighted by molar-refractivity contribution is 0.413. The summed E-state index contributed by atoms with van der Waals surface area (Å²) in [5, 5.41) is 4.31. The van der Waals surface area contributed by atoms with Gasteiger partial charge in [-0.2, -0.15) is 0 Å². The van der Waals surface area contributed by atoms with E-state index in [4.69, 9.17) is 14.0 Å². The predicted molar refractivity (Wildman–Crippen MR) is 140 cm³/mol. The summed E-state index contributed by atoms with van der Waals surface area (Å²) >= 11 is 0. The van der Waals surface area contributed by atoms with E-state index in [1.807, 2.05) is 38.1 Å². The molecule has 0 bridgehead atoms. The second-order valence-corrected chi connectivity index (χ2v) is 10.1. The van der Waals surface area contributed by atoms with Gasteiger partial charge >= 0.3 is 0 Å². The number of nitrogens with zero attached hydrogens (tertiary/aromatic N) is 3. The number of fused-ring (bicyclic) bond motifs is 1. The number of ether oxygens (including phenoxy) is 2. The van der Waals surface area contributed by atoms with Gasteiger partial charge in [0.05, 0.1) is 30.3 Å². The van der Waals surface area contributed by atoms with Gasteiger partial charge in [0.15, 0.2) is 5.82 Å². The van der Waals surface area contributed by atoms with Crippen LogP contribution in [0.2, 0.25) is 0 Å². The van der Waals surface area contributed by atoms with Crippen molar-refractivity contribution in [1.29, 1.82) is 0 Å². The Bertz CT molecular complexity index is 1720. The van der Waals surface area contributed by atoms with E-state index in [9.17, 15) is 8.42 Å². The minimum atomic E-state index is -3.88. The molecule has 0 radical (unpaired) electrons. The van der Waals surface area contributed by atoms with Crippen LogP contribution in [0.15, 0.2) is 76.6 Å². The van der Waals surface area contributed by atoms with Crippen molar-refractivity contribution in [3.05, 3.63) is 78.3 Å². The van der Waals surface area contributed by atoms with Gasteiger partial charge in [0.2, 0.25) is 0 Å². The Hall–Kier alpha value is -4.44. The van der Waals surface area contributed by atoms with E-state index in [0.717, 1.165) is 33.6 Å². The monoisotopic (exact) mass is 516 g/mol. The first-order chi connectivity index (χ1) is 17.8. The molecule has 0 unspecified atom stereocenters. The molecule has 0 fully saturated rings. The Kier molecular flexibility index (Phi) is 6.26. The highest BCUT2D eigenvalue weighted by Crippen LogP contribution is 2.40. The van der Waals surface area contributed by atoms with E-state index >= 15 is 0 Å². The zero-order valence-corrected chi connectivity index (χ0v) is 21.5. The molecule has 5 aromatic rings. The van der Waals surface area contributed by atoms with Crippen LogP contribution in [0.25, 0.3) is 33.3 Å². The van der Waals surface area contributed by atoms with E-state index < -0.39 is 10.0 Å². The Morgan fingerprint density at radius 3 is 2.41 bits per heavy atom. The molecule has 0 saturated heterocycles. The van der Waals surface area contributed by atoms with Crippen LogP contribution >= 0.6 is 0 Å². The van der Waals surface area contributed by atoms with Crippen molar-refractivity contribution >= 4 is 26.7 Å². The summed E-state index contributed by atoms with van der Waals surface area (Å²) in [6.07, 6.45) is 2.71. The van der Waals surface area contributed by atoms with Crippen LogP contribution < -0.4 is 14.2 Å². The lowest BCUT2D eigenvalue weighted by Crippen LogP contribution is -2.13. The molecular formula is C27H24N4O5S. The first kappa shape index (κ1) is 24.3. The lowest BCUT2D eigenvalue weighted by atomic mass is 9.93. The molecule has 2 aromatic heterocycles. The Morgan fingerprint density at radius 2 is 1.68 bits per heavy atom. The number of aromatic nitrogens is 3. The van der Waals surface area contributed by atoms with Gasteiger partial charge in [-0.3, -0.25) is 4.72 Å². The Morgan fingerprint density at radius 1 is 0.838 bits per heavy atom. The van der Waals surface area contributed by atoms with Gasteiger partial charge in [-0.1, -0.05) is 11.2 Å². The number of nitrogens with one attached hydrogen (secondary N) is 1.